The van der Waals surface area contributed by atoms with E-state index in [4.69, 9.17) is 0 Å². The first-order valence-electron chi connectivity index (χ1n) is 4.79. The van der Waals surface area contributed by atoms with E-state index in [0.29, 0.717) is 0 Å². The van der Waals surface area contributed by atoms with Crippen molar-refractivity contribution in [3.05, 3.63) is 30.1 Å². The summed E-state index contributed by atoms with van der Waals surface area (Å²) in [4.78, 5) is 9.74. The highest BCUT2D eigenvalue weighted by atomic mass is 15.3. The Labute approximate surface area is 84.0 Å². The van der Waals surface area contributed by atoms with Gasteiger partial charge in [-0.1, -0.05) is 0 Å². The van der Waals surface area contributed by atoms with E-state index < -0.39 is 0 Å². The van der Waals surface area contributed by atoms with Gasteiger partial charge in [-0.3, -0.25) is 0 Å². The highest BCUT2D eigenvalue weighted by Gasteiger charge is 2.29. The summed E-state index contributed by atoms with van der Waals surface area (Å²) >= 11 is 0. The van der Waals surface area contributed by atoms with Crippen LogP contribution in [-0.2, 0) is 5.54 Å². The van der Waals surface area contributed by atoms with E-state index >= 15 is 0 Å². The number of aryl methyl sites for hydroxylation is 1. The van der Waals surface area contributed by atoms with Crippen LogP contribution in [-0.4, -0.2) is 21.5 Å². The SMILES string of the molecule is Cc1ncc(C(C)(C)N2C=CNC2)[nH]1. The maximum Gasteiger partial charge on any atom is 0.103 e. The summed E-state index contributed by atoms with van der Waals surface area (Å²) in [6.45, 7) is 7.18. The molecule has 2 N–H and O–H groups in total. The molecule has 0 aromatic carbocycles. The van der Waals surface area contributed by atoms with Gasteiger partial charge in [0.25, 0.3) is 0 Å². The predicted molar refractivity (Wildman–Crippen MR) is 55.3 cm³/mol. The Morgan fingerprint density at radius 3 is 2.79 bits per heavy atom. The smallest absolute Gasteiger partial charge is 0.103 e. The topological polar surface area (TPSA) is 44.0 Å². The molecule has 0 saturated heterocycles. The summed E-state index contributed by atoms with van der Waals surface area (Å²) in [7, 11) is 0. The van der Waals surface area contributed by atoms with Gasteiger partial charge < -0.3 is 15.2 Å². The molecular formula is C10H16N4. The first kappa shape index (κ1) is 9.12. The normalized spacial score (nSPS) is 16.1. The van der Waals surface area contributed by atoms with Crippen LogP contribution in [0.1, 0.15) is 25.4 Å². The molecule has 14 heavy (non-hydrogen) atoms. The van der Waals surface area contributed by atoms with Crippen molar-refractivity contribution in [1.29, 1.82) is 0 Å². The van der Waals surface area contributed by atoms with Gasteiger partial charge in [0, 0.05) is 12.4 Å². The third-order valence-electron chi connectivity index (χ3n) is 2.71. The molecule has 0 unspecified atom stereocenters. The zero-order valence-electron chi connectivity index (χ0n) is 8.83. The van der Waals surface area contributed by atoms with Crippen LogP contribution in [0.3, 0.4) is 0 Å². The van der Waals surface area contributed by atoms with Crippen LogP contribution in [0.2, 0.25) is 0 Å². The Balaban J connectivity index is 2.26. The third kappa shape index (κ3) is 1.36. The molecule has 0 bridgehead atoms. The fourth-order valence-corrected chi connectivity index (χ4v) is 1.62. The van der Waals surface area contributed by atoms with E-state index in [1.807, 2.05) is 19.3 Å². The lowest BCUT2D eigenvalue weighted by atomic mass is 10.00. The summed E-state index contributed by atoms with van der Waals surface area (Å²) in [5.74, 6) is 0.962. The molecular weight excluding hydrogens is 176 g/mol. The standard InChI is InChI=1S/C10H16N4/c1-8-12-6-9(13-8)10(2,3)14-5-4-11-7-14/h4-6,11H,7H2,1-3H3,(H,12,13). The molecule has 2 rings (SSSR count). The number of imidazole rings is 1. The molecule has 2 heterocycles. The molecule has 0 saturated carbocycles. The van der Waals surface area contributed by atoms with Gasteiger partial charge in [-0.25, -0.2) is 4.98 Å². The minimum atomic E-state index is -0.0404. The molecule has 0 radical (unpaired) electrons. The predicted octanol–water partition coefficient (Wildman–Crippen LogP) is 1.29. The molecule has 76 valence electrons. The Morgan fingerprint density at radius 1 is 1.50 bits per heavy atom. The zero-order valence-corrected chi connectivity index (χ0v) is 8.83. The summed E-state index contributed by atoms with van der Waals surface area (Å²) in [6, 6.07) is 0. The van der Waals surface area contributed by atoms with E-state index in [2.05, 4.69) is 40.2 Å². The van der Waals surface area contributed by atoms with E-state index in [0.717, 1.165) is 18.2 Å². The number of aromatic amines is 1. The van der Waals surface area contributed by atoms with Gasteiger partial charge in [0.2, 0.25) is 0 Å². The van der Waals surface area contributed by atoms with E-state index in [1.165, 1.54) is 0 Å². The minimum Gasteiger partial charge on any atom is -0.373 e. The van der Waals surface area contributed by atoms with Crippen LogP contribution < -0.4 is 5.32 Å². The van der Waals surface area contributed by atoms with Gasteiger partial charge in [-0.2, -0.15) is 0 Å². The zero-order chi connectivity index (χ0) is 10.2. The van der Waals surface area contributed by atoms with E-state index in [1.54, 1.807) is 0 Å². The number of hydrogen-bond donors (Lipinski definition) is 2. The molecule has 0 amide bonds. The minimum absolute atomic E-state index is 0.0404. The number of nitrogens with one attached hydrogen (secondary N) is 2. The molecule has 1 aromatic heterocycles. The van der Waals surface area contributed by atoms with E-state index in [9.17, 15) is 0 Å². The highest BCUT2D eigenvalue weighted by Crippen LogP contribution is 2.27. The largest absolute Gasteiger partial charge is 0.373 e. The van der Waals surface area contributed by atoms with Gasteiger partial charge >= 0.3 is 0 Å². The number of aromatic nitrogens is 2. The van der Waals surface area contributed by atoms with Crippen molar-refractivity contribution in [2.24, 2.45) is 0 Å². The Hall–Kier alpha value is -1.45. The Morgan fingerprint density at radius 2 is 2.29 bits per heavy atom. The van der Waals surface area contributed by atoms with Crippen LogP contribution in [0, 0.1) is 6.92 Å². The monoisotopic (exact) mass is 192 g/mol. The number of H-pyrrole nitrogens is 1. The summed E-state index contributed by atoms with van der Waals surface area (Å²) < 4.78 is 0. The fraction of sp³-hybridized carbons (Fsp3) is 0.500. The van der Waals surface area contributed by atoms with Crippen molar-refractivity contribution < 1.29 is 0 Å². The molecule has 1 aliphatic heterocycles. The van der Waals surface area contributed by atoms with Crippen LogP contribution in [0.15, 0.2) is 18.6 Å². The lowest BCUT2D eigenvalue weighted by Crippen LogP contribution is -2.38. The highest BCUT2D eigenvalue weighted by molar-refractivity contribution is 5.14. The second-order valence-electron chi connectivity index (χ2n) is 4.09. The Kier molecular flexibility index (Phi) is 1.98. The van der Waals surface area contributed by atoms with E-state index in [-0.39, 0.29) is 5.54 Å². The fourth-order valence-electron chi connectivity index (χ4n) is 1.62. The van der Waals surface area contributed by atoms with Gasteiger partial charge in [0.1, 0.15) is 5.82 Å². The second-order valence-corrected chi connectivity index (χ2v) is 4.09. The summed E-state index contributed by atoms with van der Waals surface area (Å²) in [5.41, 5.74) is 1.10. The third-order valence-corrected chi connectivity index (χ3v) is 2.71. The quantitative estimate of drug-likeness (QED) is 0.742. The maximum absolute atomic E-state index is 4.23. The van der Waals surface area contributed by atoms with Crippen molar-refractivity contribution in [1.82, 2.24) is 20.2 Å². The average Bonchev–Trinajstić information content (AvgIpc) is 2.72. The average molecular weight is 192 g/mol. The molecule has 0 atom stereocenters. The second kappa shape index (κ2) is 3.04. The van der Waals surface area contributed by atoms with Crippen molar-refractivity contribution in [3.8, 4) is 0 Å². The maximum atomic E-state index is 4.23. The molecule has 4 nitrogen and oxygen atoms in total. The summed E-state index contributed by atoms with van der Waals surface area (Å²) in [5, 5.41) is 3.17. The van der Waals surface area contributed by atoms with Crippen molar-refractivity contribution in [2.75, 3.05) is 6.67 Å². The van der Waals surface area contributed by atoms with Gasteiger partial charge in [0.15, 0.2) is 0 Å². The molecule has 1 aromatic rings. The summed E-state index contributed by atoms with van der Waals surface area (Å²) in [6.07, 6.45) is 5.93. The van der Waals surface area contributed by atoms with Crippen LogP contribution in [0.5, 0.6) is 0 Å². The lowest BCUT2D eigenvalue weighted by molar-refractivity contribution is 0.190. The molecule has 0 spiro atoms. The number of rotatable bonds is 2. The van der Waals surface area contributed by atoms with Crippen molar-refractivity contribution >= 4 is 0 Å². The van der Waals surface area contributed by atoms with Crippen molar-refractivity contribution in [2.45, 2.75) is 26.3 Å². The number of nitrogens with zero attached hydrogens (tertiary/aromatic N) is 2. The Bertz CT molecular complexity index is 351. The molecule has 0 aliphatic carbocycles. The van der Waals surface area contributed by atoms with Gasteiger partial charge in [-0.15, -0.1) is 0 Å². The molecule has 0 fully saturated rings. The lowest BCUT2D eigenvalue weighted by Gasteiger charge is -2.34. The van der Waals surface area contributed by atoms with Crippen LogP contribution in [0.4, 0.5) is 0 Å². The molecule has 4 heteroatoms. The first-order chi connectivity index (χ1) is 6.60. The first-order valence-corrected chi connectivity index (χ1v) is 4.79. The van der Waals surface area contributed by atoms with Gasteiger partial charge in [-0.05, 0) is 20.8 Å². The number of hydrogen-bond acceptors (Lipinski definition) is 3. The van der Waals surface area contributed by atoms with Gasteiger partial charge in [0.05, 0.1) is 24.1 Å². The molecule has 1 aliphatic rings. The van der Waals surface area contributed by atoms with Crippen LogP contribution in [0.25, 0.3) is 0 Å². The van der Waals surface area contributed by atoms with Crippen LogP contribution >= 0.6 is 0 Å². The van der Waals surface area contributed by atoms with Crippen molar-refractivity contribution in [3.63, 3.8) is 0 Å².